The molecule has 1 aromatic heterocycles. The topological polar surface area (TPSA) is 247 Å². The number of benzene rings is 2. The predicted octanol–water partition coefficient (Wildman–Crippen LogP) is -1.42. The third-order valence-electron chi connectivity index (χ3n) is 7.73. The van der Waals surface area contributed by atoms with Crippen LogP contribution in [0, 0.1) is 0 Å². The van der Waals surface area contributed by atoms with Crippen molar-refractivity contribution < 1.29 is 73.7 Å². The Morgan fingerprint density at radius 2 is 1.54 bits per heavy atom. The van der Waals surface area contributed by atoms with Gasteiger partial charge < -0.3 is 73.7 Å². The van der Waals surface area contributed by atoms with Crippen LogP contribution in [0.5, 0.6) is 23.0 Å². The molecule has 2 saturated heterocycles. The van der Waals surface area contributed by atoms with Crippen molar-refractivity contribution >= 4 is 11.0 Å². The minimum absolute atomic E-state index is 0.00731. The van der Waals surface area contributed by atoms with Crippen LogP contribution in [-0.2, 0) is 14.2 Å². The second kappa shape index (κ2) is 14.1. The van der Waals surface area contributed by atoms with Crippen molar-refractivity contribution in [1.29, 1.82) is 0 Å². The zero-order valence-corrected chi connectivity index (χ0v) is 24.7. The van der Waals surface area contributed by atoms with Crippen molar-refractivity contribution in [2.45, 2.75) is 68.3 Å². The standard InChI is InChI=1S/C30H36O16/c1-12-23(34)25(36)27(38)29(43-12)42-11-21-24(35)26(37)28(39)30(46-21)44-14-8-15(32)22-16(33)10-18(45-20(22)9-14)13-3-4-17(40-2)19(7-13)41-6-5-31/h3-4,7-10,12,21,23-32,34-39H,5-6,11H2,1-2H3/t12-,21+,23-,24+,25+,26-,27+,28+,29+,30+/m0/s1. The molecule has 0 radical (unpaired) electrons. The molecule has 0 amide bonds. The fraction of sp³-hybridized carbons (Fsp3) is 0.500. The van der Waals surface area contributed by atoms with E-state index in [0.29, 0.717) is 11.3 Å². The van der Waals surface area contributed by atoms with Gasteiger partial charge in [0, 0.05) is 23.8 Å². The molecule has 0 aliphatic carbocycles. The Morgan fingerprint density at radius 1 is 0.826 bits per heavy atom. The smallest absolute Gasteiger partial charge is 0.229 e. The van der Waals surface area contributed by atoms with Crippen LogP contribution in [0.15, 0.2) is 45.6 Å². The third kappa shape index (κ3) is 6.77. The zero-order chi connectivity index (χ0) is 33.3. The molecule has 0 bridgehead atoms. The minimum Gasteiger partial charge on any atom is -0.507 e. The number of ether oxygens (including phenoxy) is 6. The van der Waals surface area contributed by atoms with Crippen LogP contribution >= 0.6 is 0 Å². The summed E-state index contributed by atoms with van der Waals surface area (Å²) < 4.78 is 38.9. The number of hydrogen-bond donors (Lipinski definition) is 8. The number of aliphatic hydroxyl groups excluding tert-OH is 7. The number of aliphatic hydroxyl groups is 7. The van der Waals surface area contributed by atoms with Crippen LogP contribution in [0.2, 0.25) is 0 Å². The first-order chi connectivity index (χ1) is 21.9. The molecule has 16 nitrogen and oxygen atoms in total. The number of hydrogen-bond acceptors (Lipinski definition) is 16. The lowest BCUT2D eigenvalue weighted by atomic mass is 9.98. The number of methoxy groups -OCH3 is 1. The van der Waals surface area contributed by atoms with E-state index in [-0.39, 0.29) is 41.4 Å². The predicted molar refractivity (Wildman–Crippen MR) is 154 cm³/mol. The summed E-state index contributed by atoms with van der Waals surface area (Å²) in [5, 5.41) is 81.3. The van der Waals surface area contributed by atoms with Gasteiger partial charge in [-0.1, -0.05) is 0 Å². The first-order valence-electron chi connectivity index (χ1n) is 14.3. The molecular weight excluding hydrogens is 616 g/mol. The van der Waals surface area contributed by atoms with E-state index >= 15 is 0 Å². The summed E-state index contributed by atoms with van der Waals surface area (Å²) in [6, 6.07) is 8.23. The Morgan fingerprint density at radius 3 is 2.26 bits per heavy atom. The molecule has 0 unspecified atom stereocenters. The molecule has 10 atom stereocenters. The molecular formula is C30H36O16. The number of fused-ring (bicyclic) bond motifs is 1. The fourth-order valence-electron chi connectivity index (χ4n) is 5.18. The second-order valence-electron chi connectivity index (χ2n) is 10.9. The summed E-state index contributed by atoms with van der Waals surface area (Å²) in [5.74, 6) is 0.0977. The quantitative estimate of drug-likeness (QED) is 0.125. The highest BCUT2D eigenvalue weighted by molar-refractivity contribution is 5.86. The van der Waals surface area contributed by atoms with Gasteiger partial charge in [-0.05, 0) is 25.1 Å². The maximum absolute atomic E-state index is 13.0. The number of aromatic hydroxyl groups is 1. The van der Waals surface area contributed by atoms with Crippen molar-refractivity contribution in [3.63, 3.8) is 0 Å². The van der Waals surface area contributed by atoms with Crippen LogP contribution in [0.25, 0.3) is 22.3 Å². The monoisotopic (exact) mass is 652 g/mol. The lowest BCUT2D eigenvalue weighted by Crippen LogP contribution is -2.61. The molecule has 8 N–H and O–H groups in total. The van der Waals surface area contributed by atoms with Crippen molar-refractivity contribution in [2.24, 2.45) is 0 Å². The number of phenols is 1. The van der Waals surface area contributed by atoms with Crippen LogP contribution < -0.4 is 19.6 Å². The van der Waals surface area contributed by atoms with E-state index in [1.807, 2.05) is 0 Å². The van der Waals surface area contributed by atoms with Crippen LogP contribution in [0.1, 0.15) is 6.92 Å². The molecule has 5 rings (SSSR count). The molecule has 2 aromatic carbocycles. The average Bonchev–Trinajstić information content (AvgIpc) is 3.03. The van der Waals surface area contributed by atoms with E-state index < -0.39 is 79.2 Å². The van der Waals surface area contributed by atoms with E-state index in [1.54, 1.807) is 18.2 Å². The highest BCUT2D eigenvalue weighted by Crippen LogP contribution is 2.36. The number of rotatable bonds is 10. The van der Waals surface area contributed by atoms with Crippen molar-refractivity contribution in [2.75, 3.05) is 26.9 Å². The van der Waals surface area contributed by atoms with Crippen molar-refractivity contribution in [3.8, 4) is 34.3 Å². The Kier molecular flexibility index (Phi) is 10.3. The van der Waals surface area contributed by atoms with Gasteiger partial charge in [-0.15, -0.1) is 0 Å². The van der Waals surface area contributed by atoms with E-state index in [1.165, 1.54) is 26.2 Å². The molecule has 46 heavy (non-hydrogen) atoms. The highest BCUT2D eigenvalue weighted by atomic mass is 16.7. The molecule has 252 valence electrons. The van der Waals surface area contributed by atoms with E-state index in [4.69, 9.17) is 37.9 Å². The van der Waals surface area contributed by atoms with Gasteiger partial charge in [0.15, 0.2) is 23.2 Å². The number of phenolic OH excluding ortho intramolecular Hbond substituents is 1. The highest BCUT2D eigenvalue weighted by Gasteiger charge is 2.47. The SMILES string of the molecule is COc1ccc(-c2cc(=O)c3c(O)cc(O[C@@H]4O[C@H](CO[C@@H]5O[C@@H](C)[C@H](O)[C@@H](O)[C@H]5O)[C@@H](O)[C@H](O)[C@H]4O)cc3o2)cc1OCCO. The normalized spacial score (nSPS) is 31.5. The Bertz CT molecular complexity index is 1560. The first kappa shape index (κ1) is 33.8. The van der Waals surface area contributed by atoms with Gasteiger partial charge in [0.1, 0.15) is 77.6 Å². The minimum atomic E-state index is -1.79. The van der Waals surface area contributed by atoms with E-state index in [9.17, 15) is 40.5 Å². The molecule has 16 heteroatoms. The molecule has 2 aliphatic heterocycles. The molecule has 2 aliphatic rings. The maximum Gasteiger partial charge on any atom is 0.229 e. The average molecular weight is 653 g/mol. The Balaban J connectivity index is 1.37. The van der Waals surface area contributed by atoms with Gasteiger partial charge in [0.2, 0.25) is 6.29 Å². The molecule has 2 fully saturated rings. The summed E-state index contributed by atoms with van der Waals surface area (Å²) >= 11 is 0. The molecule has 3 aromatic rings. The van der Waals surface area contributed by atoms with Gasteiger partial charge in [-0.3, -0.25) is 4.79 Å². The zero-order valence-electron chi connectivity index (χ0n) is 24.7. The fourth-order valence-corrected chi connectivity index (χ4v) is 5.18. The van der Waals surface area contributed by atoms with Crippen molar-refractivity contribution in [1.82, 2.24) is 0 Å². The largest absolute Gasteiger partial charge is 0.507 e. The van der Waals surface area contributed by atoms with Gasteiger partial charge in [0.25, 0.3) is 0 Å². The van der Waals surface area contributed by atoms with Crippen LogP contribution in [-0.4, -0.2) is 129 Å². The van der Waals surface area contributed by atoms with E-state index in [0.717, 1.165) is 6.07 Å². The Hall–Kier alpha value is -3.55. The second-order valence-corrected chi connectivity index (χ2v) is 10.9. The summed E-state index contributed by atoms with van der Waals surface area (Å²) in [7, 11) is 1.44. The summed E-state index contributed by atoms with van der Waals surface area (Å²) in [5.41, 5.74) is -0.277. The lowest BCUT2D eigenvalue weighted by molar-refractivity contribution is -0.318. The summed E-state index contributed by atoms with van der Waals surface area (Å²) in [6.45, 7) is 0.704. The van der Waals surface area contributed by atoms with Gasteiger partial charge in [-0.2, -0.15) is 0 Å². The first-order valence-corrected chi connectivity index (χ1v) is 14.3. The molecule has 3 heterocycles. The van der Waals surface area contributed by atoms with Gasteiger partial charge in [-0.25, -0.2) is 0 Å². The van der Waals surface area contributed by atoms with Crippen LogP contribution in [0.3, 0.4) is 0 Å². The van der Waals surface area contributed by atoms with Crippen LogP contribution in [0.4, 0.5) is 0 Å². The Labute approximate surface area is 261 Å². The summed E-state index contributed by atoms with van der Waals surface area (Å²) in [6.07, 6.45) is -15.1. The van der Waals surface area contributed by atoms with Gasteiger partial charge in [0.05, 0.1) is 26.4 Å². The molecule has 0 saturated carbocycles. The molecule has 0 spiro atoms. The third-order valence-corrected chi connectivity index (χ3v) is 7.73. The summed E-state index contributed by atoms with van der Waals surface area (Å²) in [4.78, 5) is 13.0. The van der Waals surface area contributed by atoms with Gasteiger partial charge >= 0.3 is 0 Å². The lowest BCUT2D eigenvalue weighted by Gasteiger charge is -2.42. The van der Waals surface area contributed by atoms with E-state index in [2.05, 4.69) is 0 Å². The maximum atomic E-state index is 13.0. The van der Waals surface area contributed by atoms with Crippen molar-refractivity contribution in [3.05, 3.63) is 46.6 Å².